The maximum absolute atomic E-state index is 2.54. The van der Waals surface area contributed by atoms with Gasteiger partial charge in [0.25, 0.3) is 0 Å². The average Bonchev–Trinajstić information content (AvgIpc) is 3.62. The Labute approximate surface area is 239 Å². The molecule has 198 valence electrons. The van der Waals surface area contributed by atoms with Gasteiger partial charge in [0.2, 0.25) is 0 Å². The molecule has 2 heterocycles. The van der Waals surface area contributed by atoms with Gasteiger partial charge in [0.15, 0.2) is 0 Å². The van der Waals surface area contributed by atoms with Gasteiger partial charge in [-0.3, -0.25) is 0 Å². The Hall–Kier alpha value is -1.36. The molecule has 4 rings (SSSR count). The number of aryl methyl sites for hydroxylation is 2. The topological polar surface area (TPSA) is 0 Å². The second-order valence-corrected chi connectivity index (χ2v) is 26.7. The first-order chi connectivity index (χ1) is 18.0. The summed E-state index contributed by atoms with van der Waals surface area (Å²) in [7, 11) is 0. The van der Waals surface area contributed by atoms with Gasteiger partial charge in [0.1, 0.15) is 0 Å². The van der Waals surface area contributed by atoms with Gasteiger partial charge < -0.3 is 0 Å². The van der Waals surface area contributed by atoms with Crippen LogP contribution in [0.3, 0.4) is 0 Å². The normalized spacial score (nSPS) is 11.3. The summed E-state index contributed by atoms with van der Waals surface area (Å²) in [5.74, 6) is 0. The van der Waals surface area contributed by atoms with Crippen molar-refractivity contribution in [2.24, 2.45) is 0 Å². The Balaban J connectivity index is 0.000000262. The van der Waals surface area contributed by atoms with E-state index < -0.39 is 18.4 Å². The molecule has 0 nitrogen and oxygen atoms in total. The number of unbranched alkanes of at least 4 members (excludes halogenated alkanes) is 3. The number of rotatable bonds is 12. The molecule has 0 N–H and O–H groups in total. The quantitative estimate of drug-likeness (QED) is 0.136. The number of hydrogen-bond donors (Lipinski definition) is 0. The van der Waals surface area contributed by atoms with Crippen LogP contribution in [0.5, 0.6) is 0 Å². The molecule has 0 aliphatic carbocycles. The second kappa shape index (κ2) is 15.9. The van der Waals surface area contributed by atoms with Crippen LogP contribution in [-0.4, -0.2) is 18.4 Å². The fourth-order valence-corrected chi connectivity index (χ4v) is 26.0. The summed E-state index contributed by atoms with van der Waals surface area (Å²) in [6.07, 6.45) is 8.40. The molecule has 0 aliphatic heterocycles. The van der Waals surface area contributed by atoms with E-state index >= 15 is 0 Å². The fourth-order valence-electron chi connectivity index (χ4n) is 5.11. The molecule has 0 radical (unpaired) electrons. The van der Waals surface area contributed by atoms with E-state index in [1.54, 1.807) is 24.6 Å². The van der Waals surface area contributed by atoms with Gasteiger partial charge >= 0.3 is 165 Å². The van der Waals surface area contributed by atoms with Crippen LogP contribution in [0.4, 0.5) is 0 Å². The number of thiophene rings is 2. The predicted molar refractivity (Wildman–Crippen MR) is 174 cm³/mol. The molecule has 0 aliphatic rings. The van der Waals surface area contributed by atoms with E-state index in [4.69, 9.17) is 0 Å². The summed E-state index contributed by atoms with van der Waals surface area (Å²) < 4.78 is 6.55. The molecule has 0 bridgehead atoms. The summed E-state index contributed by atoms with van der Waals surface area (Å²) in [6.45, 7) is 11.4. The minimum Gasteiger partial charge on any atom is -0.144 e. The van der Waals surface area contributed by atoms with Gasteiger partial charge in [-0.15, -0.1) is 11.3 Å². The van der Waals surface area contributed by atoms with Crippen molar-refractivity contribution in [2.45, 2.75) is 86.5 Å². The zero-order valence-corrected chi connectivity index (χ0v) is 28.2. The zero-order valence-electron chi connectivity index (χ0n) is 23.7. The van der Waals surface area contributed by atoms with E-state index in [1.165, 1.54) is 70.5 Å². The van der Waals surface area contributed by atoms with Gasteiger partial charge in [-0.05, 0) is 23.9 Å². The Kier molecular flexibility index (Phi) is 13.0. The molecule has 0 spiro atoms. The molecular weight excluding hydrogens is 591 g/mol. The van der Waals surface area contributed by atoms with Crippen molar-refractivity contribution in [3.05, 3.63) is 89.3 Å². The van der Waals surface area contributed by atoms with E-state index in [0.29, 0.717) is 0 Å². The monoisotopic (exact) mass is 638 g/mol. The minimum atomic E-state index is -2.24. The van der Waals surface area contributed by atoms with E-state index in [0.717, 1.165) is 0 Å². The predicted octanol–water partition coefficient (Wildman–Crippen LogP) is 11.5. The zero-order chi connectivity index (χ0) is 26.5. The molecule has 0 fully saturated rings. The molecule has 0 amide bonds. The van der Waals surface area contributed by atoms with Crippen molar-refractivity contribution in [2.75, 3.05) is 0 Å². The summed E-state index contributed by atoms with van der Waals surface area (Å²) >= 11 is 1.69. The van der Waals surface area contributed by atoms with Gasteiger partial charge in [0, 0.05) is 4.88 Å². The van der Waals surface area contributed by atoms with Crippen LogP contribution in [0, 0.1) is 13.8 Å². The Bertz CT molecular complexity index is 1150. The smallest absolute Gasteiger partial charge is 0.0342 e. The van der Waals surface area contributed by atoms with Crippen LogP contribution in [-0.2, 0) is 0 Å². The van der Waals surface area contributed by atoms with Crippen molar-refractivity contribution in [1.29, 1.82) is 0 Å². The second-order valence-electron chi connectivity index (χ2n) is 10.5. The molecule has 2 aromatic heterocycles. The van der Waals surface area contributed by atoms with Gasteiger partial charge in [-0.1, -0.05) is 35.9 Å². The molecule has 0 saturated heterocycles. The third-order valence-corrected chi connectivity index (χ3v) is 27.6. The first kappa shape index (κ1) is 30.2. The van der Waals surface area contributed by atoms with E-state index in [1.807, 2.05) is 2.89 Å². The Morgan fingerprint density at radius 2 is 1.14 bits per heavy atom. The number of benzene rings is 2. The molecule has 0 unspecified atom stereocenters. The molecular formula is C34H46S2Sn. The van der Waals surface area contributed by atoms with Crippen molar-refractivity contribution >= 4 is 43.9 Å². The largest absolute Gasteiger partial charge is 0.144 e. The van der Waals surface area contributed by atoms with Crippen molar-refractivity contribution in [1.82, 2.24) is 0 Å². The summed E-state index contributed by atoms with van der Waals surface area (Å²) in [5.41, 5.74) is 5.42. The maximum Gasteiger partial charge on any atom is 0.0342 e. The maximum atomic E-state index is 2.54. The minimum absolute atomic E-state index is 1.32. The molecule has 0 atom stereocenters. The van der Waals surface area contributed by atoms with Crippen molar-refractivity contribution < 1.29 is 0 Å². The van der Waals surface area contributed by atoms with Gasteiger partial charge in [0.05, 0.1) is 0 Å². The molecule has 0 saturated carbocycles. The van der Waals surface area contributed by atoms with Crippen LogP contribution in [0.2, 0.25) is 13.3 Å². The van der Waals surface area contributed by atoms with E-state index in [9.17, 15) is 0 Å². The van der Waals surface area contributed by atoms with Crippen molar-refractivity contribution in [3.63, 3.8) is 0 Å². The standard InChI is InChI=1S/C11H10S.C11H9S.3C4H9.Sn/c2*1-9-4-2-5-10(8-9)11-6-3-7-12-11;3*1-3-4-2;/h2-8H,1H3;2-6,8H,1H3;3*1,3-4H2,2H3;. The number of hydrogen-bond acceptors (Lipinski definition) is 2. The molecule has 3 heteroatoms. The van der Waals surface area contributed by atoms with Crippen LogP contribution in [0.15, 0.2) is 78.2 Å². The van der Waals surface area contributed by atoms with Gasteiger partial charge in [-0.25, -0.2) is 0 Å². The molecule has 37 heavy (non-hydrogen) atoms. The molecule has 2 aromatic carbocycles. The first-order valence-electron chi connectivity index (χ1n) is 14.3. The average molecular weight is 638 g/mol. The summed E-state index contributed by atoms with van der Waals surface area (Å²) in [6, 6.07) is 26.8. The fraction of sp³-hybridized carbons (Fsp3) is 0.412. The Morgan fingerprint density at radius 1 is 0.595 bits per heavy atom. The summed E-state index contributed by atoms with van der Waals surface area (Å²) in [5, 5.41) is 2.11. The Morgan fingerprint density at radius 3 is 1.59 bits per heavy atom. The van der Waals surface area contributed by atoms with E-state index in [-0.39, 0.29) is 0 Å². The van der Waals surface area contributed by atoms with Gasteiger partial charge in [-0.2, -0.15) is 0 Å². The van der Waals surface area contributed by atoms with Crippen LogP contribution < -0.4 is 2.89 Å². The van der Waals surface area contributed by atoms with Crippen LogP contribution in [0.1, 0.15) is 70.4 Å². The van der Waals surface area contributed by atoms with Crippen LogP contribution >= 0.6 is 22.7 Å². The SMILES string of the molecule is CCC[CH2][Sn]([CH2]CCC)([CH2]CCC)[c]1ccc(-c2cccc(C)c2)s1.Cc1cccc(-c2cccs2)c1. The van der Waals surface area contributed by atoms with Crippen molar-refractivity contribution in [3.8, 4) is 20.9 Å². The molecule has 4 aromatic rings. The first-order valence-corrected chi connectivity index (χ1v) is 23.5. The van der Waals surface area contributed by atoms with E-state index in [2.05, 4.69) is 124 Å². The third kappa shape index (κ3) is 9.11. The third-order valence-electron chi connectivity index (χ3n) is 7.28. The summed E-state index contributed by atoms with van der Waals surface area (Å²) in [4.78, 5) is 2.84. The van der Waals surface area contributed by atoms with Crippen LogP contribution in [0.25, 0.3) is 20.9 Å².